The predicted molar refractivity (Wildman–Crippen MR) is 56.7 cm³/mol. The molecule has 0 saturated carbocycles. The third-order valence-corrected chi connectivity index (χ3v) is 1.62. The molecule has 0 aromatic heterocycles. The van der Waals surface area contributed by atoms with Gasteiger partial charge < -0.3 is 4.74 Å². The highest BCUT2D eigenvalue weighted by molar-refractivity contribution is 5.72. The maximum atomic E-state index is 11.1. The van der Waals surface area contributed by atoms with Crippen molar-refractivity contribution in [3.63, 3.8) is 0 Å². The minimum Gasteiger partial charge on any atom is -0.444 e. The lowest BCUT2D eigenvalue weighted by atomic mass is 10.2. The van der Waals surface area contributed by atoms with Crippen molar-refractivity contribution in [1.29, 1.82) is 0 Å². The molecule has 0 spiro atoms. The Morgan fingerprint density at radius 1 is 1.19 bits per heavy atom. The molecule has 2 amide bonds. The van der Waals surface area contributed by atoms with Crippen LogP contribution in [0.2, 0.25) is 0 Å². The van der Waals surface area contributed by atoms with E-state index in [1.807, 2.05) is 30.3 Å². The monoisotopic (exact) mass is 223 g/mol. The second kappa shape index (κ2) is 6.41. The van der Waals surface area contributed by atoms with E-state index in [2.05, 4.69) is 16.4 Å². The molecule has 0 bridgehead atoms. The van der Waals surface area contributed by atoms with Crippen LogP contribution in [0.5, 0.6) is 0 Å². The van der Waals surface area contributed by atoms with Crippen molar-refractivity contribution in [2.45, 2.75) is 13.5 Å². The summed E-state index contributed by atoms with van der Waals surface area (Å²) in [6.07, 6.45) is -0.669. The molecule has 0 saturated heterocycles. The molecule has 1 aromatic carbocycles. The first-order valence-corrected chi connectivity index (χ1v) is 4.67. The maximum absolute atomic E-state index is 11.1. The van der Waals surface area contributed by atoms with Gasteiger partial charge in [0.15, 0.2) is 0 Å². The van der Waals surface area contributed by atoms with E-state index < -0.39 is 6.09 Å². The van der Waals surface area contributed by atoms with E-state index in [1.165, 1.54) is 6.92 Å². The Morgan fingerprint density at radius 3 is 2.50 bits per heavy atom. The maximum Gasteiger partial charge on any atom is 0.423 e. The van der Waals surface area contributed by atoms with Crippen molar-refractivity contribution < 1.29 is 14.3 Å². The van der Waals surface area contributed by atoms with Crippen molar-refractivity contribution in [3.8, 4) is 0 Å². The second-order valence-electron chi connectivity index (χ2n) is 2.99. The molecule has 0 fully saturated rings. The fourth-order valence-corrected chi connectivity index (χ4v) is 0.929. The van der Waals surface area contributed by atoms with Gasteiger partial charge in [0, 0.05) is 6.92 Å². The van der Waals surface area contributed by atoms with Crippen LogP contribution in [0, 0.1) is 0 Å². The normalized spacial score (nSPS) is 9.31. The number of hydrogen-bond donors (Lipinski definition) is 3. The molecule has 6 nitrogen and oxygen atoms in total. The highest BCUT2D eigenvalue weighted by atomic mass is 16.6. The van der Waals surface area contributed by atoms with Gasteiger partial charge in [-0.1, -0.05) is 30.3 Å². The lowest BCUT2D eigenvalue weighted by Gasteiger charge is -2.07. The summed E-state index contributed by atoms with van der Waals surface area (Å²) < 4.78 is 4.85. The van der Waals surface area contributed by atoms with Crippen LogP contribution in [0.25, 0.3) is 0 Å². The highest BCUT2D eigenvalue weighted by Gasteiger charge is 2.01. The zero-order valence-corrected chi connectivity index (χ0v) is 8.82. The van der Waals surface area contributed by atoms with Gasteiger partial charge in [-0.15, -0.1) is 5.53 Å². The molecule has 86 valence electrons. The summed E-state index contributed by atoms with van der Waals surface area (Å²) in [5.41, 5.74) is 7.40. The zero-order valence-electron chi connectivity index (χ0n) is 8.82. The van der Waals surface area contributed by atoms with Gasteiger partial charge in [0.05, 0.1) is 0 Å². The van der Waals surface area contributed by atoms with Crippen LogP contribution in [0.3, 0.4) is 0 Å². The summed E-state index contributed by atoms with van der Waals surface area (Å²) in [5.74, 6) is -0.316. The van der Waals surface area contributed by atoms with E-state index in [-0.39, 0.29) is 12.5 Å². The average molecular weight is 223 g/mol. The van der Waals surface area contributed by atoms with Crippen LogP contribution in [-0.4, -0.2) is 12.0 Å². The smallest absolute Gasteiger partial charge is 0.423 e. The fraction of sp³-hybridized carbons (Fsp3) is 0.200. The molecule has 0 radical (unpaired) electrons. The third kappa shape index (κ3) is 4.97. The Hall–Kier alpha value is -2.08. The van der Waals surface area contributed by atoms with Crippen molar-refractivity contribution in [1.82, 2.24) is 16.4 Å². The van der Waals surface area contributed by atoms with Gasteiger partial charge in [0.25, 0.3) is 0 Å². The summed E-state index contributed by atoms with van der Waals surface area (Å²) in [6, 6.07) is 9.27. The van der Waals surface area contributed by atoms with E-state index in [9.17, 15) is 9.59 Å². The molecule has 1 aromatic rings. The van der Waals surface area contributed by atoms with Gasteiger partial charge in [0.2, 0.25) is 5.91 Å². The molecule has 1 rings (SSSR count). The van der Waals surface area contributed by atoms with Crippen LogP contribution >= 0.6 is 0 Å². The largest absolute Gasteiger partial charge is 0.444 e. The van der Waals surface area contributed by atoms with Crippen molar-refractivity contribution >= 4 is 12.0 Å². The number of hydrazine groups is 2. The van der Waals surface area contributed by atoms with Crippen LogP contribution in [0.15, 0.2) is 30.3 Å². The van der Waals surface area contributed by atoms with Gasteiger partial charge in [-0.3, -0.25) is 10.2 Å². The molecule has 0 aliphatic carbocycles. The van der Waals surface area contributed by atoms with E-state index in [4.69, 9.17) is 4.74 Å². The third-order valence-electron chi connectivity index (χ3n) is 1.62. The number of hydrogen-bond acceptors (Lipinski definition) is 4. The van der Waals surface area contributed by atoms with Crippen molar-refractivity contribution in [3.05, 3.63) is 35.9 Å². The number of ether oxygens (including phenoxy) is 1. The lowest BCUT2D eigenvalue weighted by Crippen LogP contribution is -2.48. The number of nitrogens with one attached hydrogen (secondary N) is 3. The van der Waals surface area contributed by atoms with Crippen LogP contribution in [0.1, 0.15) is 12.5 Å². The van der Waals surface area contributed by atoms with Gasteiger partial charge in [-0.25, -0.2) is 10.2 Å². The molecule has 3 N–H and O–H groups in total. The van der Waals surface area contributed by atoms with E-state index in [1.54, 1.807) is 0 Å². The first-order valence-electron chi connectivity index (χ1n) is 4.67. The topological polar surface area (TPSA) is 79.5 Å². The standard InChI is InChI=1S/C10H13N3O3/c1-8(14)11-13-12-10(15)16-7-9-5-3-2-4-6-9/h2-6,13H,7H2,1H3,(H,11,14)(H,12,15). The molecule has 0 aliphatic heterocycles. The summed E-state index contributed by atoms with van der Waals surface area (Å²) in [5, 5.41) is 0. The number of amides is 2. The van der Waals surface area contributed by atoms with E-state index >= 15 is 0 Å². The van der Waals surface area contributed by atoms with Crippen molar-refractivity contribution in [2.75, 3.05) is 0 Å². The molecule has 0 unspecified atom stereocenters. The second-order valence-corrected chi connectivity index (χ2v) is 2.99. The Kier molecular flexibility index (Phi) is 4.81. The quantitative estimate of drug-likeness (QED) is 0.648. The van der Waals surface area contributed by atoms with Crippen LogP contribution in [-0.2, 0) is 16.1 Å². The average Bonchev–Trinajstić information content (AvgIpc) is 2.27. The Bertz CT molecular complexity index is 354. The molecule has 6 heteroatoms. The van der Waals surface area contributed by atoms with E-state index in [0.717, 1.165) is 5.56 Å². The first kappa shape index (κ1) is 12.0. The van der Waals surface area contributed by atoms with Gasteiger partial charge in [0.1, 0.15) is 6.61 Å². The minimum atomic E-state index is -0.669. The Balaban J connectivity index is 2.18. The Morgan fingerprint density at radius 2 is 1.88 bits per heavy atom. The minimum absolute atomic E-state index is 0.175. The van der Waals surface area contributed by atoms with Gasteiger partial charge in [-0.2, -0.15) is 0 Å². The van der Waals surface area contributed by atoms with Gasteiger partial charge in [-0.05, 0) is 5.56 Å². The SMILES string of the molecule is CC(=O)NNNC(=O)OCc1ccccc1. The predicted octanol–water partition coefficient (Wildman–Crippen LogP) is 0.468. The highest BCUT2D eigenvalue weighted by Crippen LogP contribution is 1.99. The Labute approximate surface area is 92.9 Å². The number of carbonyl (C=O) groups is 2. The number of rotatable bonds is 4. The molecule has 0 heterocycles. The van der Waals surface area contributed by atoms with Crippen LogP contribution < -0.4 is 16.4 Å². The molecule has 16 heavy (non-hydrogen) atoms. The summed E-state index contributed by atoms with van der Waals surface area (Å²) in [6.45, 7) is 1.48. The lowest BCUT2D eigenvalue weighted by molar-refractivity contribution is -0.120. The number of carbonyl (C=O) groups excluding carboxylic acids is 2. The molecule has 0 aliphatic rings. The van der Waals surface area contributed by atoms with Crippen LogP contribution in [0.4, 0.5) is 4.79 Å². The molecular weight excluding hydrogens is 210 g/mol. The summed E-state index contributed by atoms with van der Waals surface area (Å²) in [4.78, 5) is 21.5. The van der Waals surface area contributed by atoms with E-state index in [0.29, 0.717) is 0 Å². The zero-order chi connectivity index (χ0) is 11.8. The number of benzene rings is 1. The molecule has 0 atom stereocenters. The summed E-state index contributed by atoms with van der Waals surface area (Å²) >= 11 is 0. The van der Waals surface area contributed by atoms with Crippen molar-refractivity contribution in [2.24, 2.45) is 0 Å². The summed E-state index contributed by atoms with van der Waals surface area (Å²) in [7, 11) is 0. The first-order chi connectivity index (χ1) is 7.68. The fourth-order valence-electron chi connectivity index (χ4n) is 0.929. The van der Waals surface area contributed by atoms with Gasteiger partial charge >= 0.3 is 6.09 Å². The molecular formula is C10H13N3O3.